The van der Waals surface area contributed by atoms with Gasteiger partial charge in [-0.05, 0) is 60.7 Å². The number of ether oxygens (including phenoxy) is 1. The van der Waals surface area contributed by atoms with Gasteiger partial charge >= 0.3 is 0 Å². The summed E-state index contributed by atoms with van der Waals surface area (Å²) < 4.78 is 21.0. The van der Waals surface area contributed by atoms with Crippen molar-refractivity contribution in [3.05, 3.63) is 75.9 Å². The molecule has 3 heterocycles. The van der Waals surface area contributed by atoms with Crippen LogP contribution in [0.4, 0.5) is 10.1 Å². The first-order valence-corrected chi connectivity index (χ1v) is 13.9. The predicted octanol–water partition coefficient (Wildman–Crippen LogP) is 7.93. The molecule has 1 aromatic heterocycles. The van der Waals surface area contributed by atoms with Crippen LogP contribution in [0.3, 0.4) is 0 Å². The maximum Gasteiger partial charge on any atom is 0.134 e. The molecule has 1 fully saturated rings. The quantitative estimate of drug-likeness (QED) is 0.291. The Morgan fingerprint density at radius 2 is 1.89 bits per heavy atom. The van der Waals surface area contributed by atoms with E-state index in [4.69, 9.17) is 27.9 Å². The summed E-state index contributed by atoms with van der Waals surface area (Å²) in [5.74, 6) is -0.125. The highest BCUT2D eigenvalue weighted by Gasteiger charge is 2.27. The van der Waals surface area contributed by atoms with Crippen LogP contribution < -0.4 is 4.90 Å². The van der Waals surface area contributed by atoms with Gasteiger partial charge in [0.25, 0.3) is 0 Å². The van der Waals surface area contributed by atoms with Gasteiger partial charge in [-0.1, -0.05) is 55.1 Å². The second-order valence-corrected chi connectivity index (χ2v) is 10.6. The lowest BCUT2D eigenvalue weighted by Gasteiger charge is -2.29. The summed E-state index contributed by atoms with van der Waals surface area (Å²) in [6.07, 6.45) is 9.75. The lowest BCUT2D eigenvalue weighted by atomic mass is 9.77. The molecule has 1 saturated heterocycles. The van der Waals surface area contributed by atoms with E-state index in [0.717, 1.165) is 54.5 Å². The van der Waals surface area contributed by atoms with Crippen molar-refractivity contribution < 1.29 is 9.13 Å². The van der Waals surface area contributed by atoms with Gasteiger partial charge in [-0.25, -0.2) is 19.4 Å². The van der Waals surface area contributed by atoms with Crippen LogP contribution in [0.2, 0.25) is 5.02 Å². The van der Waals surface area contributed by atoms with Gasteiger partial charge in [-0.2, -0.15) is 0 Å². The van der Waals surface area contributed by atoms with Gasteiger partial charge in [0, 0.05) is 46.9 Å². The van der Waals surface area contributed by atoms with Crippen molar-refractivity contribution in [2.24, 2.45) is 10.9 Å². The third-order valence-electron chi connectivity index (χ3n) is 7.50. The number of fused-ring (bicyclic) bond motifs is 1. The van der Waals surface area contributed by atoms with Crippen LogP contribution in [-0.4, -0.2) is 42.5 Å². The molecule has 2 aliphatic heterocycles. The van der Waals surface area contributed by atoms with E-state index in [1.165, 1.54) is 18.0 Å². The minimum Gasteiger partial charge on any atom is -0.378 e. The summed E-state index contributed by atoms with van der Waals surface area (Å²) in [6, 6.07) is 9.38. The molecule has 0 N–H and O–H groups in total. The summed E-state index contributed by atoms with van der Waals surface area (Å²) in [4.78, 5) is 15.5. The molecule has 0 saturated carbocycles. The van der Waals surface area contributed by atoms with Crippen molar-refractivity contribution in [2.45, 2.75) is 39.0 Å². The Balaban J connectivity index is 1.60. The summed E-state index contributed by atoms with van der Waals surface area (Å²) in [5.41, 5.74) is 4.92. The number of rotatable bonds is 6. The van der Waals surface area contributed by atoms with E-state index in [1.54, 1.807) is 0 Å². The highest BCUT2D eigenvalue weighted by molar-refractivity contribution is 6.31. The first kappa shape index (κ1) is 26.8. The molecule has 0 aliphatic carbocycles. The van der Waals surface area contributed by atoms with E-state index in [9.17, 15) is 0 Å². The molecule has 2 aromatic carbocycles. The Bertz CT molecular complexity index is 1410. The number of allylic oxidation sites excluding steroid dienone is 3. The Labute approximate surface area is 233 Å². The number of hydrogen-bond acceptors (Lipinski definition) is 5. The molecule has 0 amide bonds. The molecule has 3 aromatic rings. The van der Waals surface area contributed by atoms with Crippen LogP contribution in [0.15, 0.2) is 64.5 Å². The maximum atomic E-state index is 15.5. The molecule has 5 nitrogen and oxygen atoms in total. The molecule has 2 atom stereocenters. The molecule has 38 heavy (non-hydrogen) atoms. The SMILES string of the molecule is CCC(C)C(C1=CC=C(Cl)N=CCC1)c1cc(-c2ncnc3cc(N4CCOCC4)ccc23)c(F)cc1Cl. The highest BCUT2D eigenvalue weighted by Crippen LogP contribution is 2.43. The van der Waals surface area contributed by atoms with E-state index >= 15 is 4.39 Å². The molecule has 0 radical (unpaired) electrons. The smallest absolute Gasteiger partial charge is 0.134 e. The zero-order valence-corrected chi connectivity index (χ0v) is 23.1. The average Bonchev–Trinajstić information content (AvgIpc) is 2.93. The minimum atomic E-state index is -0.402. The summed E-state index contributed by atoms with van der Waals surface area (Å²) in [5, 5.41) is 1.66. The molecule has 198 valence electrons. The molecule has 2 unspecified atom stereocenters. The van der Waals surface area contributed by atoms with Gasteiger partial charge in [0.05, 0.1) is 24.4 Å². The summed E-state index contributed by atoms with van der Waals surface area (Å²) >= 11 is 13.0. The largest absolute Gasteiger partial charge is 0.378 e. The van der Waals surface area contributed by atoms with E-state index in [-0.39, 0.29) is 11.8 Å². The van der Waals surface area contributed by atoms with Gasteiger partial charge in [-0.15, -0.1) is 0 Å². The van der Waals surface area contributed by atoms with Crippen LogP contribution >= 0.6 is 23.2 Å². The van der Waals surface area contributed by atoms with Crippen molar-refractivity contribution in [3.8, 4) is 11.3 Å². The van der Waals surface area contributed by atoms with Crippen LogP contribution in [0, 0.1) is 11.7 Å². The fourth-order valence-electron chi connectivity index (χ4n) is 5.32. The number of anilines is 1. The third-order valence-corrected chi connectivity index (χ3v) is 8.05. The van der Waals surface area contributed by atoms with Crippen molar-refractivity contribution in [3.63, 3.8) is 0 Å². The first-order chi connectivity index (χ1) is 18.5. The zero-order valence-electron chi connectivity index (χ0n) is 21.6. The maximum absolute atomic E-state index is 15.5. The number of aromatic nitrogens is 2. The number of aliphatic imine (C=N–C) groups is 1. The number of morpholine rings is 1. The molecule has 2 aliphatic rings. The van der Waals surface area contributed by atoms with Gasteiger partial charge in [0.1, 0.15) is 17.3 Å². The lowest BCUT2D eigenvalue weighted by molar-refractivity contribution is 0.122. The van der Waals surface area contributed by atoms with Gasteiger partial charge < -0.3 is 9.64 Å². The van der Waals surface area contributed by atoms with Crippen molar-refractivity contribution >= 4 is 46.0 Å². The third kappa shape index (κ3) is 5.63. The standard InChI is InChI=1S/C30H31Cl2FN4O/c1-3-19(2)29(20-5-4-10-34-28(32)9-6-20)23-16-24(26(33)17-25(23)31)30-22-8-7-21(15-27(22)35-18-36-30)37-11-13-38-14-12-37/h6-10,15-19,29H,3-5,11-14H2,1-2H3. The number of benzene rings is 2. The number of nitrogens with zero attached hydrogens (tertiary/aromatic N) is 4. The van der Waals surface area contributed by atoms with E-state index in [1.807, 2.05) is 42.6 Å². The molecule has 0 spiro atoms. The normalized spacial score (nSPS) is 18.0. The van der Waals surface area contributed by atoms with Crippen LogP contribution in [0.5, 0.6) is 0 Å². The first-order valence-electron chi connectivity index (χ1n) is 13.1. The summed E-state index contributed by atoms with van der Waals surface area (Å²) in [6.45, 7) is 7.43. The minimum absolute atomic E-state index is 0.0000844. The second kappa shape index (κ2) is 11.9. The molecule has 0 bridgehead atoms. The van der Waals surface area contributed by atoms with Crippen LogP contribution in [-0.2, 0) is 4.74 Å². The Kier molecular flexibility index (Phi) is 8.42. The Morgan fingerprint density at radius 3 is 2.68 bits per heavy atom. The summed E-state index contributed by atoms with van der Waals surface area (Å²) in [7, 11) is 0. The fourth-order valence-corrected chi connectivity index (χ4v) is 5.72. The Hall–Kier alpha value is -2.80. The van der Waals surface area contributed by atoms with Crippen LogP contribution in [0.1, 0.15) is 44.6 Å². The topological polar surface area (TPSA) is 50.6 Å². The Morgan fingerprint density at radius 1 is 1.08 bits per heavy atom. The van der Waals surface area contributed by atoms with Gasteiger partial charge in [0.15, 0.2) is 0 Å². The van der Waals surface area contributed by atoms with E-state index in [0.29, 0.717) is 34.6 Å². The molecule has 5 rings (SSSR count). The van der Waals surface area contributed by atoms with Crippen molar-refractivity contribution in [2.75, 3.05) is 31.2 Å². The zero-order chi connectivity index (χ0) is 26.6. The van der Waals surface area contributed by atoms with Gasteiger partial charge in [-0.3, -0.25) is 0 Å². The van der Waals surface area contributed by atoms with Crippen molar-refractivity contribution in [1.29, 1.82) is 0 Å². The van der Waals surface area contributed by atoms with Gasteiger partial charge in [0.2, 0.25) is 0 Å². The number of hydrogen-bond donors (Lipinski definition) is 0. The average molecular weight is 554 g/mol. The fraction of sp³-hybridized carbons (Fsp3) is 0.367. The lowest BCUT2D eigenvalue weighted by Crippen LogP contribution is -2.36. The van der Waals surface area contributed by atoms with Crippen LogP contribution in [0.25, 0.3) is 22.2 Å². The predicted molar refractivity (Wildman–Crippen MR) is 155 cm³/mol. The second-order valence-electron chi connectivity index (χ2n) is 9.82. The highest BCUT2D eigenvalue weighted by atomic mass is 35.5. The monoisotopic (exact) mass is 552 g/mol. The van der Waals surface area contributed by atoms with Crippen molar-refractivity contribution in [1.82, 2.24) is 9.97 Å². The van der Waals surface area contributed by atoms with E-state index in [2.05, 4.69) is 33.7 Å². The molecule has 8 heteroatoms. The number of halogens is 3. The molecular weight excluding hydrogens is 522 g/mol. The van der Waals surface area contributed by atoms with E-state index < -0.39 is 5.82 Å². The molecular formula is C30H31Cl2FN4O.